The highest BCUT2D eigenvalue weighted by atomic mass is 16.1. The molecule has 4 nitrogen and oxygen atoms in total. The summed E-state index contributed by atoms with van der Waals surface area (Å²) in [6, 6.07) is 0.497. The largest absolute Gasteiger partial charge is 0.353 e. The predicted molar refractivity (Wildman–Crippen MR) is 68.9 cm³/mol. The number of rotatable bonds is 6. The highest BCUT2D eigenvalue weighted by Crippen LogP contribution is 2.18. The van der Waals surface area contributed by atoms with E-state index in [4.69, 9.17) is 0 Å². The van der Waals surface area contributed by atoms with Crippen molar-refractivity contribution in [2.45, 2.75) is 38.1 Å². The Labute approximate surface area is 104 Å². The Hall–Kier alpha value is -0.610. The number of nitrogens with one attached hydrogen (secondary N) is 2. The van der Waals surface area contributed by atoms with Gasteiger partial charge in [-0.2, -0.15) is 0 Å². The Balaban J connectivity index is 1.55. The van der Waals surface area contributed by atoms with E-state index in [1.54, 1.807) is 0 Å². The number of piperidine rings is 1. The van der Waals surface area contributed by atoms with Crippen molar-refractivity contribution < 1.29 is 4.79 Å². The van der Waals surface area contributed by atoms with Crippen LogP contribution in [0.5, 0.6) is 0 Å². The lowest BCUT2D eigenvalue weighted by Crippen LogP contribution is -2.36. The fourth-order valence-corrected chi connectivity index (χ4v) is 2.42. The quantitative estimate of drug-likeness (QED) is 0.713. The van der Waals surface area contributed by atoms with Gasteiger partial charge in [0.2, 0.25) is 5.91 Å². The summed E-state index contributed by atoms with van der Waals surface area (Å²) in [5, 5.41) is 6.42. The van der Waals surface area contributed by atoms with E-state index < -0.39 is 0 Å². The molecule has 1 saturated heterocycles. The molecule has 2 N–H and O–H groups in total. The SMILES string of the molecule is CN(CCC(=O)NC1CC1)CC1CCNCC1. The highest BCUT2D eigenvalue weighted by Gasteiger charge is 2.23. The summed E-state index contributed by atoms with van der Waals surface area (Å²) in [6.45, 7) is 4.34. The van der Waals surface area contributed by atoms with Gasteiger partial charge in [0.1, 0.15) is 0 Å². The van der Waals surface area contributed by atoms with Gasteiger partial charge in [0.25, 0.3) is 0 Å². The maximum atomic E-state index is 11.5. The van der Waals surface area contributed by atoms with E-state index >= 15 is 0 Å². The number of hydrogen-bond donors (Lipinski definition) is 2. The normalized spacial score (nSPS) is 21.8. The van der Waals surface area contributed by atoms with Crippen LogP contribution in [0.4, 0.5) is 0 Å². The van der Waals surface area contributed by atoms with Crippen molar-refractivity contribution in [2.24, 2.45) is 5.92 Å². The van der Waals surface area contributed by atoms with Crippen molar-refractivity contribution in [3.05, 3.63) is 0 Å². The molecule has 1 amide bonds. The summed E-state index contributed by atoms with van der Waals surface area (Å²) in [4.78, 5) is 13.9. The van der Waals surface area contributed by atoms with Gasteiger partial charge in [-0.3, -0.25) is 4.79 Å². The van der Waals surface area contributed by atoms with E-state index in [2.05, 4.69) is 22.6 Å². The molecule has 1 aliphatic carbocycles. The van der Waals surface area contributed by atoms with Gasteiger partial charge in [0.05, 0.1) is 0 Å². The second-order valence-corrected chi connectivity index (χ2v) is 5.55. The van der Waals surface area contributed by atoms with Gasteiger partial charge < -0.3 is 15.5 Å². The van der Waals surface area contributed by atoms with Crippen molar-refractivity contribution in [3.8, 4) is 0 Å². The van der Waals surface area contributed by atoms with Crippen LogP contribution in [0, 0.1) is 5.92 Å². The van der Waals surface area contributed by atoms with E-state index in [-0.39, 0.29) is 5.91 Å². The molecular weight excluding hydrogens is 214 g/mol. The zero-order valence-corrected chi connectivity index (χ0v) is 10.9. The Morgan fingerprint density at radius 3 is 2.65 bits per heavy atom. The fourth-order valence-electron chi connectivity index (χ4n) is 2.42. The molecule has 1 heterocycles. The van der Waals surface area contributed by atoms with Crippen LogP contribution in [0.3, 0.4) is 0 Å². The monoisotopic (exact) mass is 239 g/mol. The third kappa shape index (κ3) is 5.04. The van der Waals surface area contributed by atoms with Crippen LogP contribution >= 0.6 is 0 Å². The molecule has 2 rings (SSSR count). The topological polar surface area (TPSA) is 44.4 Å². The van der Waals surface area contributed by atoms with Crippen LogP contribution in [-0.4, -0.2) is 50.1 Å². The molecule has 0 unspecified atom stereocenters. The lowest BCUT2D eigenvalue weighted by Gasteiger charge is -2.27. The van der Waals surface area contributed by atoms with Crippen LogP contribution < -0.4 is 10.6 Å². The lowest BCUT2D eigenvalue weighted by atomic mass is 9.98. The molecule has 0 bridgehead atoms. The van der Waals surface area contributed by atoms with E-state index in [0.29, 0.717) is 12.5 Å². The molecule has 0 spiro atoms. The minimum Gasteiger partial charge on any atom is -0.353 e. The van der Waals surface area contributed by atoms with E-state index in [9.17, 15) is 4.79 Å². The van der Waals surface area contributed by atoms with Crippen LogP contribution in [0.2, 0.25) is 0 Å². The van der Waals surface area contributed by atoms with E-state index in [1.165, 1.54) is 25.7 Å². The standard InChI is InChI=1S/C13H25N3O/c1-16(10-11-4-7-14-8-5-11)9-6-13(17)15-12-2-3-12/h11-12,14H,2-10H2,1H3,(H,15,17). The zero-order valence-electron chi connectivity index (χ0n) is 10.9. The van der Waals surface area contributed by atoms with E-state index in [0.717, 1.165) is 32.1 Å². The predicted octanol–water partition coefficient (Wildman–Crippen LogP) is 0.587. The molecule has 2 fully saturated rings. The maximum absolute atomic E-state index is 11.5. The summed E-state index contributed by atoms with van der Waals surface area (Å²) in [6.07, 6.45) is 5.56. The number of hydrogen-bond acceptors (Lipinski definition) is 3. The molecule has 0 atom stereocenters. The first-order valence-corrected chi connectivity index (χ1v) is 6.92. The summed E-state index contributed by atoms with van der Waals surface area (Å²) in [5.74, 6) is 1.04. The van der Waals surface area contributed by atoms with Crippen molar-refractivity contribution in [1.82, 2.24) is 15.5 Å². The second-order valence-electron chi connectivity index (χ2n) is 5.55. The average Bonchev–Trinajstić information content (AvgIpc) is 3.12. The molecule has 1 aliphatic heterocycles. The third-order valence-electron chi connectivity index (χ3n) is 3.69. The molecule has 0 radical (unpaired) electrons. The smallest absolute Gasteiger partial charge is 0.221 e. The molecule has 0 aromatic carbocycles. The Kier molecular flexibility index (Phi) is 4.80. The number of carbonyl (C=O) groups excluding carboxylic acids is 1. The summed E-state index contributed by atoms with van der Waals surface area (Å²) < 4.78 is 0. The molecular formula is C13H25N3O. The molecule has 98 valence electrons. The van der Waals surface area contributed by atoms with Crippen molar-refractivity contribution >= 4 is 5.91 Å². The fraction of sp³-hybridized carbons (Fsp3) is 0.923. The van der Waals surface area contributed by atoms with Gasteiger partial charge in [0.15, 0.2) is 0 Å². The Bertz CT molecular complexity index is 247. The van der Waals surface area contributed by atoms with Crippen LogP contribution in [0.1, 0.15) is 32.1 Å². The molecule has 0 aromatic heterocycles. The summed E-state index contributed by atoms with van der Waals surface area (Å²) in [7, 11) is 2.13. The minimum atomic E-state index is 0.227. The zero-order chi connectivity index (χ0) is 12.1. The van der Waals surface area contributed by atoms with Crippen molar-refractivity contribution in [2.75, 3.05) is 33.2 Å². The van der Waals surface area contributed by atoms with Gasteiger partial charge in [-0.25, -0.2) is 0 Å². The van der Waals surface area contributed by atoms with Crippen LogP contribution in [0.25, 0.3) is 0 Å². The maximum Gasteiger partial charge on any atom is 0.221 e. The minimum absolute atomic E-state index is 0.227. The molecule has 17 heavy (non-hydrogen) atoms. The summed E-state index contributed by atoms with van der Waals surface area (Å²) in [5.41, 5.74) is 0. The van der Waals surface area contributed by atoms with Gasteiger partial charge in [-0.1, -0.05) is 0 Å². The van der Waals surface area contributed by atoms with Gasteiger partial charge in [-0.05, 0) is 51.7 Å². The molecule has 4 heteroatoms. The summed E-state index contributed by atoms with van der Waals surface area (Å²) >= 11 is 0. The van der Waals surface area contributed by atoms with Crippen LogP contribution in [-0.2, 0) is 4.79 Å². The number of nitrogens with zero attached hydrogens (tertiary/aromatic N) is 1. The first kappa shape index (κ1) is 12.8. The Morgan fingerprint density at radius 1 is 1.29 bits per heavy atom. The molecule has 0 aromatic rings. The first-order chi connectivity index (χ1) is 8.24. The van der Waals surface area contributed by atoms with Gasteiger partial charge in [-0.15, -0.1) is 0 Å². The average molecular weight is 239 g/mol. The van der Waals surface area contributed by atoms with Crippen LogP contribution in [0.15, 0.2) is 0 Å². The second kappa shape index (κ2) is 6.36. The third-order valence-corrected chi connectivity index (χ3v) is 3.69. The number of carbonyl (C=O) groups is 1. The highest BCUT2D eigenvalue weighted by molar-refractivity contribution is 5.76. The van der Waals surface area contributed by atoms with E-state index in [1.807, 2.05) is 0 Å². The molecule has 1 saturated carbocycles. The van der Waals surface area contributed by atoms with Gasteiger partial charge in [0, 0.05) is 25.6 Å². The first-order valence-electron chi connectivity index (χ1n) is 6.92. The van der Waals surface area contributed by atoms with Crippen molar-refractivity contribution in [3.63, 3.8) is 0 Å². The molecule has 2 aliphatic rings. The van der Waals surface area contributed by atoms with Gasteiger partial charge >= 0.3 is 0 Å². The van der Waals surface area contributed by atoms with Crippen molar-refractivity contribution in [1.29, 1.82) is 0 Å². The number of amides is 1. The Morgan fingerprint density at radius 2 is 2.00 bits per heavy atom. The lowest BCUT2D eigenvalue weighted by molar-refractivity contribution is -0.121.